The van der Waals surface area contributed by atoms with Gasteiger partial charge in [-0.05, 0) is 30.5 Å². The van der Waals surface area contributed by atoms with Gasteiger partial charge in [-0.3, -0.25) is 0 Å². The number of nitrogens with one attached hydrogen (secondary N) is 2. The normalized spacial score (nSPS) is 14.1. The van der Waals surface area contributed by atoms with Crippen molar-refractivity contribution in [1.82, 2.24) is 10.6 Å². The van der Waals surface area contributed by atoms with Gasteiger partial charge in [0.1, 0.15) is 0 Å². The number of urea groups is 1. The van der Waals surface area contributed by atoms with E-state index >= 15 is 0 Å². The van der Waals surface area contributed by atoms with Crippen molar-refractivity contribution in [3.05, 3.63) is 35.4 Å². The van der Waals surface area contributed by atoms with Gasteiger partial charge < -0.3 is 15.7 Å². The zero-order chi connectivity index (χ0) is 12.3. The molecular weight excluding hydrogens is 220 g/mol. The summed E-state index contributed by atoms with van der Waals surface area (Å²) in [5.41, 5.74) is 1.12. The van der Waals surface area contributed by atoms with Gasteiger partial charge in [0.05, 0.1) is 5.56 Å². The lowest BCUT2D eigenvalue weighted by molar-refractivity contribution is 0.0697. The van der Waals surface area contributed by atoms with Gasteiger partial charge in [0.25, 0.3) is 0 Å². The molecule has 0 aromatic heterocycles. The summed E-state index contributed by atoms with van der Waals surface area (Å²) in [6.45, 7) is 0.401. The Bertz CT molecular complexity index is 424. The fourth-order valence-corrected chi connectivity index (χ4v) is 1.41. The lowest BCUT2D eigenvalue weighted by Crippen LogP contribution is -2.36. The summed E-state index contributed by atoms with van der Waals surface area (Å²) in [6, 6.07) is 6.61. The number of amides is 2. The quantitative estimate of drug-likeness (QED) is 0.735. The van der Waals surface area contributed by atoms with E-state index in [1.165, 1.54) is 12.1 Å². The number of hydrogen-bond acceptors (Lipinski definition) is 2. The molecule has 0 aliphatic heterocycles. The molecule has 0 atom stereocenters. The molecule has 0 radical (unpaired) electrons. The van der Waals surface area contributed by atoms with Crippen LogP contribution in [-0.2, 0) is 6.54 Å². The second-order valence-electron chi connectivity index (χ2n) is 4.10. The maximum atomic E-state index is 11.3. The second kappa shape index (κ2) is 4.86. The number of benzene rings is 1. The van der Waals surface area contributed by atoms with Crippen LogP contribution in [0.4, 0.5) is 4.79 Å². The van der Waals surface area contributed by atoms with Crippen molar-refractivity contribution < 1.29 is 14.7 Å². The molecule has 2 amide bonds. The van der Waals surface area contributed by atoms with E-state index < -0.39 is 5.97 Å². The summed E-state index contributed by atoms with van der Waals surface area (Å²) >= 11 is 0. The third-order valence-corrected chi connectivity index (χ3v) is 2.57. The Balaban J connectivity index is 1.81. The lowest BCUT2D eigenvalue weighted by atomic mass is 10.1. The first kappa shape index (κ1) is 11.4. The van der Waals surface area contributed by atoms with Gasteiger partial charge in [-0.25, -0.2) is 9.59 Å². The standard InChI is InChI=1S/C12H14N2O3/c15-11(16)9-3-1-8(2-4-9)7-13-12(17)14-10-5-6-10/h1-4,10H,5-7H2,(H,15,16)(H2,13,14,17). The molecule has 17 heavy (non-hydrogen) atoms. The lowest BCUT2D eigenvalue weighted by Gasteiger charge is -2.06. The smallest absolute Gasteiger partial charge is 0.335 e. The van der Waals surface area contributed by atoms with Gasteiger partial charge in [0.15, 0.2) is 0 Å². The van der Waals surface area contributed by atoms with Crippen molar-refractivity contribution in [3.63, 3.8) is 0 Å². The van der Waals surface area contributed by atoms with Crippen LogP contribution in [0.3, 0.4) is 0 Å². The second-order valence-corrected chi connectivity index (χ2v) is 4.10. The Morgan fingerprint density at radius 1 is 1.24 bits per heavy atom. The fourth-order valence-electron chi connectivity index (χ4n) is 1.41. The molecule has 1 aromatic carbocycles. The summed E-state index contributed by atoms with van der Waals surface area (Å²) in [4.78, 5) is 22.0. The minimum atomic E-state index is -0.948. The third-order valence-electron chi connectivity index (χ3n) is 2.57. The molecule has 5 heteroatoms. The van der Waals surface area contributed by atoms with Crippen molar-refractivity contribution >= 4 is 12.0 Å². The molecule has 0 spiro atoms. The molecule has 2 rings (SSSR count). The minimum Gasteiger partial charge on any atom is -0.478 e. The Morgan fingerprint density at radius 3 is 2.41 bits per heavy atom. The van der Waals surface area contributed by atoms with Crippen molar-refractivity contribution in [2.75, 3.05) is 0 Å². The van der Waals surface area contributed by atoms with Gasteiger partial charge >= 0.3 is 12.0 Å². The average molecular weight is 234 g/mol. The number of carboxylic acid groups (broad SMARTS) is 1. The van der Waals surface area contributed by atoms with Gasteiger partial charge in [0, 0.05) is 12.6 Å². The van der Waals surface area contributed by atoms with Crippen LogP contribution in [0.25, 0.3) is 0 Å². The zero-order valence-electron chi connectivity index (χ0n) is 9.27. The van der Waals surface area contributed by atoms with Crippen LogP contribution in [0.1, 0.15) is 28.8 Å². The monoisotopic (exact) mass is 234 g/mol. The number of carbonyl (C=O) groups excluding carboxylic acids is 1. The molecule has 0 unspecified atom stereocenters. The largest absolute Gasteiger partial charge is 0.478 e. The molecule has 5 nitrogen and oxygen atoms in total. The van der Waals surface area contributed by atoms with Crippen molar-refractivity contribution in [3.8, 4) is 0 Å². The van der Waals surface area contributed by atoms with Crippen LogP contribution in [0.5, 0.6) is 0 Å². The fraction of sp³-hybridized carbons (Fsp3) is 0.333. The van der Waals surface area contributed by atoms with Crippen LogP contribution in [0.15, 0.2) is 24.3 Å². The molecule has 0 heterocycles. The Labute approximate surface area is 98.8 Å². The van der Waals surface area contributed by atoms with Crippen molar-refractivity contribution in [2.24, 2.45) is 0 Å². The van der Waals surface area contributed by atoms with Gasteiger partial charge in [-0.15, -0.1) is 0 Å². The van der Waals surface area contributed by atoms with Crippen LogP contribution < -0.4 is 10.6 Å². The predicted molar refractivity (Wildman–Crippen MR) is 61.8 cm³/mol. The highest BCUT2D eigenvalue weighted by molar-refractivity contribution is 5.87. The SMILES string of the molecule is O=C(NCc1ccc(C(=O)O)cc1)NC1CC1. The summed E-state index contributed by atoms with van der Waals surface area (Å²) in [5, 5.41) is 14.3. The summed E-state index contributed by atoms with van der Waals surface area (Å²) in [6.07, 6.45) is 2.11. The summed E-state index contributed by atoms with van der Waals surface area (Å²) in [5.74, 6) is -0.948. The molecule has 1 aliphatic rings. The maximum absolute atomic E-state index is 11.3. The molecule has 3 N–H and O–H groups in total. The van der Waals surface area contributed by atoms with E-state index in [2.05, 4.69) is 10.6 Å². The van der Waals surface area contributed by atoms with Crippen LogP contribution >= 0.6 is 0 Å². The topological polar surface area (TPSA) is 78.4 Å². The van der Waals surface area contributed by atoms with Gasteiger partial charge in [-0.1, -0.05) is 12.1 Å². The van der Waals surface area contributed by atoms with Crippen LogP contribution in [-0.4, -0.2) is 23.1 Å². The van der Waals surface area contributed by atoms with E-state index in [0.717, 1.165) is 18.4 Å². The number of carbonyl (C=O) groups is 2. The van der Waals surface area contributed by atoms with E-state index in [1.54, 1.807) is 12.1 Å². The Hall–Kier alpha value is -2.04. The molecule has 1 fully saturated rings. The third kappa shape index (κ3) is 3.48. The predicted octanol–water partition coefficient (Wildman–Crippen LogP) is 1.35. The molecule has 1 aliphatic carbocycles. The van der Waals surface area contributed by atoms with E-state index in [4.69, 9.17) is 5.11 Å². The highest BCUT2D eigenvalue weighted by Crippen LogP contribution is 2.18. The zero-order valence-corrected chi connectivity index (χ0v) is 9.27. The molecule has 0 bridgehead atoms. The summed E-state index contributed by atoms with van der Waals surface area (Å²) in [7, 11) is 0. The Morgan fingerprint density at radius 2 is 1.88 bits per heavy atom. The highest BCUT2D eigenvalue weighted by Gasteiger charge is 2.22. The molecule has 1 aromatic rings. The number of rotatable bonds is 4. The molecule has 1 saturated carbocycles. The number of aromatic carboxylic acids is 1. The van der Waals surface area contributed by atoms with Gasteiger partial charge in [-0.2, -0.15) is 0 Å². The van der Waals surface area contributed by atoms with Crippen molar-refractivity contribution in [2.45, 2.75) is 25.4 Å². The first-order valence-electron chi connectivity index (χ1n) is 5.52. The van der Waals surface area contributed by atoms with E-state index in [0.29, 0.717) is 12.6 Å². The molecular formula is C12H14N2O3. The van der Waals surface area contributed by atoms with E-state index in [-0.39, 0.29) is 11.6 Å². The van der Waals surface area contributed by atoms with Gasteiger partial charge in [0.2, 0.25) is 0 Å². The first-order valence-corrected chi connectivity index (χ1v) is 5.52. The van der Waals surface area contributed by atoms with Crippen LogP contribution in [0.2, 0.25) is 0 Å². The van der Waals surface area contributed by atoms with Crippen molar-refractivity contribution in [1.29, 1.82) is 0 Å². The summed E-state index contributed by atoms with van der Waals surface area (Å²) < 4.78 is 0. The van der Waals surface area contributed by atoms with E-state index in [9.17, 15) is 9.59 Å². The number of hydrogen-bond donors (Lipinski definition) is 3. The maximum Gasteiger partial charge on any atom is 0.335 e. The highest BCUT2D eigenvalue weighted by atomic mass is 16.4. The molecule has 0 saturated heterocycles. The average Bonchev–Trinajstić information content (AvgIpc) is 3.11. The van der Waals surface area contributed by atoms with E-state index in [1.807, 2.05) is 0 Å². The minimum absolute atomic E-state index is 0.171. The molecule has 90 valence electrons. The first-order chi connectivity index (χ1) is 8.15. The Kier molecular flexibility index (Phi) is 3.27. The number of carboxylic acids is 1. The van der Waals surface area contributed by atoms with Crippen LogP contribution in [0, 0.1) is 0 Å².